The molecule has 0 radical (unpaired) electrons. The van der Waals surface area contributed by atoms with Crippen LogP contribution in [0.1, 0.15) is 67.2 Å². The Balaban J connectivity index is 2.05. The molecule has 4 atom stereocenters. The highest BCUT2D eigenvalue weighted by Crippen LogP contribution is 2.62. The van der Waals surface area contributed by atoms with Gasteiger partial charge in [-0.1, -0.05) is 51.0 Å². The van der Waals surface area contributed by atoms with Gasteiger partial charge >= 0.3 is 0 Å². The van der Waals surface area contributed by atoms with Crippen LogP contribution in [0.4, 0.5) is 0 Å². The average molecular weight is 278 g/mol. The van der Waals surface area contributed by atoms with E-state index >= 15 is 0 Å². The van der Waals surface area contributed by atoms with Gasteiger partial charge in [0.05, 0.1) is 0 Å². The zero-order chi connectivity index (χ0) is 14.7. The van der Waals surface area contributed by atoms with Gasteiger partial charge in [-0.05, 0) is 77.0 Å². The Kier molecular flexibility index (Phi) is 2.93. The quantitative estimate of drug-likeness (QED) is 0.623. The van der Waals surface area contributed by atoms with Gasteiger partial charge in [0.25, 0.3) is 0 Å². The second kappa shape index (κ2) is 4.60. The summed E-state index contributed by atoms with van der Waals surface area (Å²) in [4.78, 5) is 0. The van der Waals surface area contributed by atoms with E-state index in [1.807, 2.05) is 0 Å². The van der Waals surface area contributed by atoms with Gasteiger partial charge in [0.1, 0.15) is 0 Å². The molecule has 2 aliphatic carbocycles. The van der Waals surface area contributed by atoms with Crippen LogP contribution in [0.2, 0.25) is 0 Å². The summed E-state index contributed by atoms with van der Waals surface area (Å²) in [6.45, 7) is 9.40. The number of hydrogen-bond donors (Lipinski definition) is 0. The molecule has 0 saturated heterocycles. The monoisotopic (exact) mass is 278 g/mol. The van der Waals surface area contributed by atoms with E-state index in [4.69, 9.17) is 0 Å². The molecule has 0 aliphatic heterocycles. The first-order chi connectivity index (χ1) is 10.2. The lowest BCUT2D eigenvalue weighted by molar-refractivity contribution is 0.452. The Hall–Kier alpha value is -1.30. The number of fused-ring (bicyclic) bond motifs is 3. The van der Waals surface area contributed by atoms with E-state index in [0.29, 0.717) is 0 Å². The molecular formula is C21H26. The zero-order valence-corrected chi connectivity index (χ0v) is 13.7. The van der Waals surface area contributed by atoms with Gasteiger partial charge in [0.2, 0.25) is 0 Å². The lowest BCUT2D eigenvalue weighted by Gasteiger charge is -2.21. The number of benzene rings is 2. The molecule has 0 N–H and O–H groups in total. The van der Waals surface area contributed by atoms with Crippen molar-refractivity contribution in [1.29, 1.82) is 0 Å². The van der Waals surface area contributed by atoms with Gasteiger partial charge < -0.3 is 0 Å². The van der Waals surface area contributed by atoms with Crippen molar-refractivity contribution in [2.75, 3.05) is 0 Å². The van der Waals surface area contributed by atoms with Crippen molar-refractivity contribution in [2.24, 2.45) is 11.8 Å². The summed E-state index contributed by atoms with van der Waals surface area (Å²) in [7, 11) is 0. The molecule has 0 aromatic heterocycles. The standard InChI is InChI=1S/C21H26/c1-5-14-11-15(6-2)20-18-13(4)10-12(3)16-8-7-9-17(19(14)20)21(16)18/h7-10,14-15,19-20H,5-6,11H2,1-4H3. The van der Waals surface area contributed by atoms with E-state index < -0.39 is 0 Å². The van der Waals surface area contributed by atoms with Crippen molar-refractivity contribution in [2.45, 2.75) is 58.8 Å². The van der Waals surface area contributed by atoms with E-state index in [2.05, 4.69) is 52.0 Å². The van der Waals surface area contributed by atoms with Gasteiger partial charge in [-0.3, -0.25) is 0 Å². The normalized spacial score (nSPS) is 30.1. The predicted octanol–water partition coefficient (Wildman–Crippen LogP) is 6.09. The Bertz CT molecular complexity index is 710. The van der Waals surface area contributed by atoms with Crippen LogP contribution in [-0.4, -0.2) is 0 Å². The molecule has 0 amide bonds. The molecule has 21 heavy (non-hydrogen) atoms. The van der Waals surface area contributed by atoms with Crippen LogP contribution in [-0.2, 0) is 0 Å². The molecule has 1 saturated carbocycles. The topological polar surface area (TPSA) is 0 Å². The largest absolute Gasteiger partial charge is 0.0651 e. The first-order valence-electron chi connectivity index (χ1n) is 8.70. The fourth-order valence-corrected chi connectivity index (χ4v) is 5.56. The van der Waals surface area contributed by atoms with E-state index in [0.717, 1.165) is 23.7 Å². The van der Waals surface area contributed by atoms with E-state index in [9.17, 15) is 0 Å². The first-order valence-corrected chi connectivity index (χ1v) is 8.70. The van der Waals surface area contributed by atoms with Gasteiger partial charge in [-0.2, -0.15) is 0 Å². The van der Waals surface area contributed by atoms with Gasteiger partial charge in [-0.25, -0.2) is 0 Å². The fraction of sp³-hybridized carbons (Fsp3) is 0.524. The molecule has 0 heteroatoms. The first kappa shape index (κ1) is 13.4. The third-order valence-electron chi connectivity index (χ3n) is 6.40. The highest BCUT2D eigenvalue weighted by molar-refractivity contribution is 5.95. The number of hydrogen-bond acceptors (Lipinski definition) is 0. The van der Waals surface area contributed by atoms with Gasteiger partial charge in [0.15, 0.2) is 0 Å². The third kappa shape index (κ3) is 1.62. The van der Waals surface area contributed by atoms with Crippen molar-refractivity contribution in [1.82, 2.24) is 0 Å². The van der Waals surface area contributed by atoms with Crippen LogP contribution < -0.4 is 0 Å². The third-order valence-corrected chi connectivity index (χ3v) is 6.40. The Morgan fingerprint density at radius 2 is 1.67 bits per heavy atom. The summed E-state index contributed by atoms with van der Waals surface area (Å²) in [5.41, 5.74) is 6.37. The second-order valence-corrected chi connectivity index (χ2v) is 7.32. The SMILES string of the molecule is CCC1CC(CC)C2c3c(C)cc(C)c4cccc(c34)C12. The van der Waals surface area contributed by atoms with Crippen molar-refractivity contribution < 1.29 is 0 Å². The molecule has 0 bridgehead atoms. The smallest absolute Gasteiger partial charge is 0.00530 e. The molecule has 0 nitrogen and oxygen atoms in total. The highest BCUT2D eigenvalue weighted by Gasteiger charge is 2.48. The van der Waals surface area contributed by atoms with E-state index in [-0.39, 0.29) is 0 Å². The van der Waals surface area contributed by atoms with Crippen LogP contribution in [0.5, 0.6) is 0 Å². The predicted molar refractivity (Wildman–Crippen MR) is 91.1 cm³/mol. The molecule has 4 unspecified atom stereocenters. The maximum absolute atomic E-state index is 2.43. The maximum atomic E-state index is 2.43. The molecular weight excluding hydrogens is 252 g/mol. The minimum absolute atomic E-state index is 0.791. The molecule has 2 aromatic carbocycles. The summed E-state index contributed by atoms with van der Waals surface area (Å²) >= 11 is 0. The number of rotatable bonds is 2. The van der Waals surface area contributed by atoms with Crippen molar-refractivity contribution in [3.63, 3.8) is 0 Å². The zero-order valence-electron chi connectivity index (χ0n) is 13.7. The van der Waals surface area contributed by atoms with Crippen molar-refractivity contribution >= 4 is 10.8 Å². The molecule has 2 aromatic rings. The van der Waals surface area contributed by atoms with E-state index in [1.165, 1.54) is 35.8 Å². The molecule has 0 spiro atoms. The molecule has 1 fully saturated rings. The van der Waals surface area contributed by atoms with Crippen LogP contribution >= 0.6 is 0 Å². The van der Waals surface area contributed by atoms with Crippen molar-refractivity contribution in [3.8, 4) is 0 Å². The Labute approximate surface area is 128 Å². The van der Waals surface area contributed by atoms with Gasteiger partial charge in [-0.15, -0.1) is 0 Å². The van der Waals surface area contributed by atoms with Crippen LogP contribution in [0.3, 0.4) is 0 Å². The molecule has 0 heterocycles. The summed E-state index contributed by atoms with van der Waals surface area (Å²) in [5, 5.41) is 3.13. The fourth-order valence-electron chi connectivity index (χ4n) is 5.56. The summed E-state index contributed by atoms with van der Waals surface area (Å²) < 4.78 is 0. The number of aryl methyl sites for hydroxylation is 2. The minimum Gasteiger partial charge on any atom is -0.0651 e. The van der Waals surface area contributed by atoms with Crippen LogP contribution in [0.15, 0.2) is 24.3 Å². The minimum atomic E-state index is 0.791. The Morgan fingerprint density at radius 3 is 2.38 bits per heavy atom. The van der Waals surface area contributed by atoms with E-state index in [1.54, 1.807) is 16.5 Å². The Morgan fingerprint density at radius 1 is 0.952 bits per heavy atom. The maximum Gasteiger partial charge on any atom is -0.00530 e. The van der Waals surface area contributed by atoms with Crippen molar-refractivity contribution in [3.05, 3.63) is 46.5 Å². The average Bonchev–Trinajstić information content (AvgIpc) is 3.01. The second-order valence-electron chi connectivity index (χ2n) is 7.32. The van der Waals surface area contributed by atoms with Gasteiger partial charge in [0, 0.05) is 0 Å². The summed E-state index contributed by atoms with van der Waals surface area (Å²) in [5.74, 6) is 3.36. The summed E-state index contributed by atoms with van der Waals surface area (Å²) in [6.07, 6.45) is 4.10. The summed E-state index contributed by atoms with van der Waals surface area (Å²) in [6, 6.07) is 9.48. The molecule has 110 valence electrons. The molecule has 4 rings (SSSR count). The molecule has 2 aliphatic rings. The lowest BCUT2D eigenvalue weighted by Crippen LogP contribution is -2.09. The van der Waals surface area contributed by atoms with Crippen LogP contribution in [0.25, 0.3) is 10.8 Å². The lowest BCUT2D eigenvalue weighted by atomic mass is 9.82. The highest BCUT2D eigenvalue weighted by atomic mass is 14.5. The van der Waals surface area contributed by atoms with Crippen LogP contribution in [0, 0.1) is 25.7 Å².